The van der Waals surface area contributed by atoms with E-state index in [1.807, 2.05) is 11.5 Å². The molecule has 0 spiro atoms. The average Bonchev–Trinajstić information content (AvgIpc) is 2.64. The van der Waals surface area contributed by atoms with Crippen LogP contribution in [0.15, 0.2) is 36.2 Å². The minimum atomic E-state index is 1.35. The number of nitrogens with one attached hydrogen (secondary N) is 1. The molecule has 0 aliphatic carbocycles. The summed E-state index contributed by atoms with van der Waals surface area (Å²) in [5.41, 5.74) is 2.52. The highest BCUT2D eigenvalue weighted by molar-refractivity contribution is 7.03. The van der Waals surface area contributed by atoms with Gasteiger partial charge < -0.3 is 4.84 Å². The summed E-state index contributed by atoms with van der Waals surface area (Å²) < 4.78 is 3.51. The molecule has 0 radical (unpaired) electrons. The zero-order valence-electron chi connectivity index (χ0n) is 5.68. The van der Waals surface area contributed by atoms with E-state index in [0.717, 1.165) is 0 Å². The summed E-state index contributed by atoms with van der Waals surface area (Å²) in [6.07, 6.45) is 8.59. The van der Waals surface area contributed by atoms with Crippen LogP contribution in [0.5, 0.6) is 0 Å². The Kier molecular flexibility index (Phi) is 3.82. The molecule has 4 nitrogen and oxygen atoms in total. The van der Waals surface area contributed by atoms with Crippen LogP contribution in [0.3, 0.4) is 0 Å². The third-order valence-electron chi connectivity index (χ3n) is 0.773. The Morgan fingerprint density at radius 2 is 2.36 bits per heavy atom. The molecule has 1 aliphatic heterocycles. The molecule has 0 atom stereocenters. The minimum absolute atomic E-state index is 1.35. The van der Waals surface area contributed by atoms with E-state index in [1.54, 1.807) is 24.7 Å². The van der Waals surface area contributed by atoms with Gasteiger partial charge in [0, 0.05) is 11.6 Å². The maximum absolute atomic E-state index is 4.55. The molecule has 0 saturated heterocycles. The monoisotopic (exact) mass is 169 g/mol. The van der Waals surface area contributed by atoms with Crippen molar-refractivity contribution in [2.75, 3.05) is 0 Å². The van der Waals surface area contributed by atoms with Gasteiger partial charge in [0.1, 0.15) is 6.26 Å². The summed E-state index contributed by atoms with van der Waals surface area (Å²) in [6, 6.07) is 0. The molecule has 0 aromatic carbocycles. The summed E-state index contributed by atoms with van der Waals surface area (Å²) in [6.45, 7) is 0. The third-order valence-corrected chi connectivity index (χ3v) is 1.20. The number of rotatable bonds is 0. The zero-order valence-corrected chi connectivity index (χ0v) is 6.49. The van der Waals surface area contributed by atoms with Crippen LogP contribution in [0.4, 0.5) is 0 Å². The molecular formula is C6H7N3OS. The lowest BCUT2D eigenvalue weighted by atomic mass is 10.6. The van der Waals surface area contributed by atoms with Crippen LogP contribution in [0.2, 0.25) is 0 Å². The largest absolute Gasteiger partial charge is 0.391 e. The van der Waals surface area contributed by atoms with Crippen LogP contribution < -0.4 is 5.48 Å². The predicted molar refractivity (Wildman–Crippen MR) is 42.4 cm³/mol. The van der Waals surface area contributed by atoms with Crippen LogP contribution >= 0.6 is 11.5 Å². The second-order valence-corrected chi connectivity index (χ2v) is 2.16. The van der Waals surface area contributed by atoms with Crippen LogP contribution in [-0.2, 0) is 4.84 Å². The number of aromatic nitrogens is 2. The predicted octanol–water partition coefficient (Wildman–Crippen LogP) is 1.09. The number of nitrogens with zero attached hydrogens (tertiary/aromatic N) is 2. The van der Waals surface area contributed by atoms with Crippen molar-refractivity contribution < 1.29 is 4.84 Å². The van der Waals surface area contributed by atoms with E-state index < -0.39 is 0 Å². The highest BCUT2D eigenvalue weighted by Gasteiger charge is 1.72. The molecule has 5 heteroatoms. The van der Waals surface area contributed by atoms with E-state index in [4.69, 9.17) is 0 Å². The van der Waals surface area contributed by atoms with Gasteiger partial charge in [0.25, 0.3) is 0 Å². The van der Waals surface area contributed by atoms with Gasteiger partial charge in [-0.2, -0.15) is 0 Å². The van der Waals surface area contributed by atoms with E-state index >= 15 is 0 Å². The van der Waals surface area contributed by atoms with Crippen molar-refractivity contribution >= 4 is 11.5 Å². The smallest absolute Gasteiger partial charge is 0.119 e. The molecule has 1 aliphatic rings. The van der Waals surface area contributed by atoms with Gasteiger partial charge in [-0.1, -0.05) is 4.49 Å². The Morgan fingerprint density at radius 1 is 1.36 bits per heavy atom. The highest BCUT2D eigenvalue weighted by atomic mass is 32.1. The fourth-order valence-corrected chi connectivity index (χ4v) is 0.666. The van der Waals surface area contributed by atoms with Crippen molar-refractivity contribution in [1.82, 2.24) is 15.1 Å². The first-order valence-electron chi connectivity index (χ1n) is 2.94. The van der Waals surface area contributed by atoms with Gasteiger partial charge in [-0.25, -0.2) is 5.48 Å². The first kappa shape index (κ1) is 7.74. The van der Waals surface area contributed by atoms with Gasteiger partial charge in [0.2, 0.25) is 0 Å². The third kappa shape index (κ3) is 4.10. The van der Waals surface area contributed by atoms with E-state index in [0.29, 0.717) is 0 Å². The molecule has 11 heavy (non-hydrogen) atoms. The van der Waals surface area contributed by atoms with Gasteiger partial charge in [0.05, 0.1) is 6.20 Å². The minimum Gasteiger partial charge on any atom is -0.391 e. The lowest BCUT2D eigenvalue weighted by molar-refractivity contribution is 0.172. The summed E-state index contributed by atoms with van der Waals surface area (Å²) in [5, 5.41) is 5.31. The standard InChI is InChI=1S/C4H5NO.C2H2N2S/c1-2-4-6-5-3-1;1-2-5-4-3-1/h1-5H;1-2H. The molecule has 0 amide bonds. The van der Waals surface area contributed by atoms with E-state index in [2.05, 4.69) is 19.9 Å². The molecule has 1 N–H and O–H groups in total. The van der Waals surface area contributed by atoms with Gasteiger partial charge in [-0.3, -0.25) is 0 Å². The molecular weight excluding hydrogens is 162 g/mol. The molecule has 2 rings (SSSR count). The number of allylic oxidation sites excluding steroid dienone is 2. The topological polar surface area (TPSA) is 47.0 Å². The van der Waals surface area contributed by atoms with E-state index in [-0.39, 0.29) is 0 Å². The summed E-state index contributed by atoms with van der Waals surface area (Å²) in [4.78, 5) is 4.55. The highest BCUT2D eigenvalue weighted by Crippen LogP contribution is 1.80. The first-order valence-corrected chi connectivity index (χ1v) is 3.77. The summed E-state index contributed by atoms with van der Waals surface area (Å²) in [5.74, 6) is 0. The Balaban J connectivity index is 0.000000112. The van der Waals surface area contributed by atoms with Crippen LogP contribution in [0.1, 0.15) is 0 Å². The van der Waals surface area contributed by atoms with Crippen molar-refractivity contribution in [2.24, 2.45) is 0 Å². The van der Waals surface area contributed by atoms with Gasteiger partial charge in [-0.15, -0.1) is 5.10 Å². The van der Waals surface area contributed by atoms with E-state index in [9.17, 15) is 0 Å². The maximum atomic E-state index is 4.55. The van der Waals surface area contributed by atoms with Gasteiger partial charge in [0.15, 0.2) is 0 Å². The molecule has 58 valence electrons. The van der Waals surface area contributed by atoms with Crippen LogP contribution in [-0.4, -0.2) is 9.59 Å². The maximum Gasteiger partial charge on any atom is 0.119 e. The lowest BCUT2D eigenvalue weighted by Gasteiger charge is -1.97. The van der Waals surface area contributed by atoms with Crippen LogP contribution in [0.25, 0.3) is 0 Å². The molecule has 0 bridgehead atoms. The van der Waals surface area contributed by atoms with Gasteiger partial charge >= 0.3 is 0 Å². The first-order chi connectivity index (χ1) is 5.50. The second-order valence-electron chi connectivity index (χ2n) is 1.51. The Labute approximate surface area is 68.3 Å². The summed E-state index contributed by atoms with van der Waals surface area (Å²) >= 11 is 1.35. The fraction of sp³-hybridized carbons (Fsp3) is 0. The Morgan fingerprint density at radius 3 is 2.55 bits per heavy atom. The fourth-order valence-electron chi connectivity index (χ4n) is 0.394. The normalized spacial score (nSPS) is 12.4. The summed E-state index contributed by atoms with van der Waals surface area (Å²) in [7, 11) is 0. The molecule has 0 fully saturated rings. The van der Waals surface area contributed by atoms with Crippen molar-refractivity contribution in [3.8, 4) is 0 Å². The second kappa shape index (κ2) is 5.43. The number of hydroxylamine groups is 1. The number of hydrogen-bond acceptors (Lipinski definition) is 5. The Bertz CT molecular complexity index is 191. The number of hydrogen-bond donors (Lipinski definition) is 1. The van der Waals surface area contributed by atoms with Crippen LogP contribution in [0, 0.1) is 0 Å². The van der Waals surface area contributed by atoms with Crippen molar-refractivity contribution in [2.45, 2.75) is 0 Å². The van der Waals surface area contributed by atoms with Crippen molar-refractivity contribution in [1.29, 1.82) is 0 Å². The molecule has 2 heterocycles. The lowest BCUT2D eigenvalue weighted by Crippen LogP contribution is -2.01. The van der Waals surface area contributed by atoms with Crippen molar-refractivity contribution in [3.05, 3.63) is 36.2 Å². The molecule has 0 saturated carbocycles. The SMILES string of the molecule is C1=CNOC=C1.c1csnn1. The Hall–Kier alpha value is -1.36. The van der Waals surface area contributed by atoms with Gasteiger partial charge in [-0.05, 0) is 23.7 Å². The zero-order chi connectivity index (χ0) is 7.78. The van der Waals surface area contributed by atoms with Crippen molar-refractivity contribution in [3.63, 3.8) is 0 Å². The quantitative estimate of drug-likeness (QED) is 0.631. The molecule has 0 unspecified atom stereocenters. The molecule has 1 aromatic heterocycles. The average molecular weight is 169 g/mol. The van der Waals surface area contributed by atoms with E-state index in [1.165, 1.54) is 11.5 Å². The molecule has 1 aromatic rings.